The smallest absolute Gasteiger partial charge is 0.255 e. The standard InChI is InChI=1S/C21H22F2N2O2/c22-15-7-5-14(6-8-15)19-16-4-2-1-3-13(16)9-11-25(19)21(26)20-18(23)17(24)10-12-27-20/h1-8,17-20H,9-12,24H2/t17-,18+,19+,20-/m1/s1. The number of rotatable bonds is 2. The van der Waals surface area contributed by atoms with E-state index < -0.39 is 30.3 Å². The van der Waals surface area contributed by atoms with Crippen molar-refractivity contribution in [1.82, 2.24) is 4.90 Å². The molecule has 27 heavy (non-hydrogen) atoms. The molecule has 0 aliphatic carbocycles. The van der Waals surface area contributed by atoms with Crippen molar-refractivity contribution >= 4 is 5.91 Å². The van der Waals surface area contributed by atoms with Gasteiger partial charge in [-0.1, -0.05) is 36.4 Å². The molecule has 2 aliphatic heterocycles. The van der Waals surface area contributed by atoms with Crippen molar-refractivity contribution < 1.29 is 18.3 Å². The zero-order valence-corrected chi connectivity index (χ0v) is 14.9. The van der Waals surface area contributed by atoms with E-state index in [1.165, 1.54) is 12.1 Å². The fourth-order valence-corrected chi connectivity index (χ4v) is 3.99. The zero-order valence-electron chi connectivity index (χ0n) is 14.9. The van der Waals surface area contributed by atoms with Gasteiger partial charge in [-0.3, -0.25) is 4.79 Å². The first-order valence-electron chi connectivity index (χ1n) is 9.21. The van der Waals surface area contributed by atoms with Gasteiger partial charge in [0.05, 0.1) is 6.04 Å². The van der Waals surface area contributed by atoms with Gasteiger partial charge < -0.3 is 15.4 Å². The lowest BCUT2D eigenvalue weighted by atomic mass is 9.87. The Hall–Kier alpha value is -2.31. The average Bonchev–Trinajstić information content (AvgIpc) is 2.69. The van der Waals surface area contributed by atoms with Gasteiger partial charge >= 0.3 is 0 Å². The minimum Gasteiger partial charge on any atom is -0.365 e. The monoisotopic (exact) mass is 372 g/mol. The number of ether oxygens (including phenoxy) is 1. The lowest BCUT2D eigenvalue weighted by molar-refractivity contribution is -0.155. The SMILES string of the molecule is N[C@@H]1CCO[C@@H](C(=O)N2CCc3ccccc3[C@@H]2c2ccc(F)cc2)[C@H]1F. The molecule has 4 nitrogen and oxygen atoms in total. The first kappa shape index (κ1) is 18.1. The molecule has 0 saturated carbocycles. The minimum absolute atomic E-state index is 0.267. The molecule has 4 rings (SSSR count). The molecule has 2 aliphatic rings. The molecule has 1 amide bonds. The quantitative estimate of drug-likeness (QED) is 0.882. The Morgan fingerprint density at radius 3 is 2.67 bits per heavy atom. The molecule has 0 unspecified atom stereocenters. The van der Waals surface area contributed by atoms with Crippen molar-refractivity contribution in [2.45, 2.75) is 37.2 Å². The van der Waals surface area contributed by atoms with E-state index in [0.717, 1.165) is 16.7 Å². The highest BCUT2D eigenvalue weighted by molar-refractivity contribution is 5.83. The van der Waals surface area contributed by atoms with Gasteiger partial charge in [0.1, 0.15) is 5.82 Å². The summed E-state index contributed by atoms with van der Waals surface area (Å²) in [5.74, 6) is -0.743. The number of benzene rings is 2. The van der Waals surface area contributed by atoms with E-state index in [1.54, 1.807) is 17.0 Å². The number of fused-ring (bicyclic) bond motifs is 1. The van der Waals surface area contributed by atoms with Crippen LogP contribution in [-0.4, -0.2) is 42.3 Å². The largest absolute Gasteiger partial charge is 0.365 e. The number of hydrogen-bond acceptors (Lipinski definition) is 3. The van der Waals surface area contributed by atoms with E-state index in [0.29, 0.717) is 19.4 Å². The van der Waals surface area contributed by atoms with Crippen LogP contribution in [0.5, 0.6) is 0 Å². The summed E-state index contributed by atoms with van der Waals surface area (Å²) < 4.78 is 33.5. The summed E-state index contributed by atoms with van der Waals surface area (Å²) in [6.07, 6.45) is -1.65. The molecule has 0 aromatic heterocycles. The van der Waals surface area contributed by atoms with E-state index in [1.807, 2.05) is 24.3 Å². The third-order valence-electron chi connectivity index (χ3n) is 5.44. The second-order valence-corrected chi connectivity index (χ2v) is 7.12. The van der Waals surface area contributed by atoms with E-state index in [4.69, 9.17) is 10.5 Å². The molecule has 1 saturated heterocycles. The molecular formula is C21H22F2N2O2. The van der Waals surface area contributed by atoms with Crippen LogP contribution in [0.4, 0.5) is 8.78 Å². The van der Waals surface area contributed by atoms with Crippen molar-refractivity contribution in [2.75, 3.05) is 13.2 Å². The number of alkyl halides is 1. The van der Waals surface area contributed by atoms with Gasteiger partial charge in [0.15, 0.2) is 12.3 Å². The normalized spacial score (nSPS) is 27.9. The van der Waals surface area contributed by atoms with Crippen molar-refractivity contribution in [3.05, 3.63) is 71.0 Å². The fourth-order valence-electron chi connectivity index (χ4n) is 3.99. The Balaban J connectivity index is 1.72. The maximum atomic E-state index is 14.6. The van der Waals surface area contributed by atoms with Crippen LogP contribution in [-0.2, 0) is 16.0 Å². The number of nitrogens with two attached hydrogens (primary N) is 1. The molecule has 0 bridgehead atoms. The van der Waals surface area contributed by atoms with Crippen molar-refractivity contribution in [1.29, 1.82) is 0 Å². The Morgan fingerprint density at radius 1 is 1.15 bits per heavy atom. The molecule has 0 spiro atoms. The van der Waals surface area contributed by atoms with Gasteiger partial charge in [0, 0.05) is 19.2 Å². The van der Waals surface area contributed by atoms with Crippen LogP contribution >= 0.6 is 0 Å². The number of carbonyl (C=O) groups is 1. The van der Waals surface area contributed by atoms with Crippen LogP contribution in [0.15, 0.2) is 48.5 Å². The summed E-state index contributed by atoms with van der Waals surface area (Å²) in [4.78, 5) is 14.8. The van der Waals surface area contributed by atoms with Crippen molar-refractivity contribution in [3.8, 4) is 0 Å². The second-order valence-electron chi connectivity index (χ2n) is 7.12. The summed E-state index contributed by atoms with van der Waals surface area (Å²) in [6, 6.07) is 12.8. The lowest BCUT2D eigenvalue weighted by Gasteiger charge is -2.41. The highest BCUT2D eigenvalue weighted by Crippen LogP contribution is 2.36. The van der Waals surface area contributed by atoms with Gasteiger partial charge in [0.25, 0.3) is 5.91 Å². The summed E-state index contributed by atoms with van der Waals surface area (Å²) in [5.41, 5.74) is 8.70. The molecule has 0 radical (unpaired) electrons. The maximum absolute atomic E-state index is 14.6. The highest BCUT2D eigenvalue weighted by atomic mass is 19.1. The Bertz CT molecular complexity index is 827. The van der Waals surface area contributed by atoms with E-state index in [9.17, 15) is 13.6 Å². The van der Waals surface area contributed by atoms with Crippen LogP contribution in [0.2, 0.25) is 0 Å². The Morgan fingerprint density at radius 2 is 1.89 bits per heavy atom. The number of amides is 1. The molecule has 2 aromatic carbocycles. The number of nitrogens with zero attached hydrogens (tertiary/aromatic N) is 1. The summed E-state index contributed by atoms with van der Waals surface area (Å²) in [7, 11) is 0. The first-order chi connectivity index (χ1) is 13.1. The fraction of sp³-hybridized carbons (Fsp3) is 0.381. The first-order valence-corrected chi connectivity index (χ1v) is 9.21. The van der Waals surface area contributed by atoms with Crippen LogP contribution in [0.1, 0.15) is 29.2 Å². The number of carbonyl (C=O) groups excluding carboxylic acids is 1. The number of hydrogen-bond donors (Lipinski definition) is 1. The highest BCUT2D eigenvalue weighted by Gasteiger charge is 2.42. The van der Waals surface area contributed by atoms with E-state index >= 15 is 0 Å². The molecule has 142 valence electrons. The zero-order chi connectivity index (χ0) is 19.0. The van der Waals surface area contributed by atoms with Gasteiger partial charge in [-0.25, -0.2) is 8.78 Å². The van der Waals surface area contributed by atoms with Crippen LogP contribution < -0.4 is 5.73 Å². The van der Waals surface area contributed by atoms with Crippen LogP contribution in [0, 0.1) is 5.82 Å². The Kier molecular flexibility index (Phi) is 4.93. The molecular weight excluding hydrogens is 350 g/mol. The second kappa shape index (κ2) is 7.37. The topological polar surface area (TPSA) is 55.6 Å². The van der Waals surface area contributed by atoms with Gasteiger partial charge in [-0.15, -0.1) is 0 Å². The Labute approximate surface area is 156 Å². The summed E-state index contributed by atoms with van der Waals surface area (Å²) >= 11 is 0. The predicted octanol–water partition coefficient (Wildman–Crippen LogP) is 2.75. The minimum atomic E-state index is -1.53. The average molecular weight is 372 g/mol. The molecule has 2 N–H and O–H groups in total. The van der Waals surface area contributed by atoms with E-state index in [2.05, 4.69) is 0 Å². The van der Waals surface area contributed by atoms with E-state index in [-0.39, 0.29) is 12.4 Å². The van der Waals surface area contributed by atoms with Gasteiger partial charge in [-0.05, 0) is 41.7 Å². The molecule has 1 fully saturated rings. The predicted molar refractivity (Wildman–Crippen MR) is 97.3 cm³/mol. The molecule has 2 heterocycles. The third-order valence-corrected chi connectivity index (χ3v) is 5.44. The molecule has 2 aromatic rings. The number of halogens is 2. The molecule has 6 heteroatoms. The van der Waals surface area contributed by atoms with Gasteiger partial charge in [-0.2, -0.15) is 0 Å². The van der Waals surface area contributed by atoms with Gasteiger partial charge in [0.2, 0.25) is 0 Å². The third kappa shape index (κ3) is 3.35. The lowest BCUT2D eigenvalue weighted by Crippen LogP contribution is -2.55. The summed E-state index contributed by atoms with van der Waals surface area (Å²) in [6.45, 7) is 0.712. The molecule has 4 atom stereocenters. The van der Waals surface area contributed by atoms with Crippen molar-refractivity contribution in [2.24, 2.45) is 5.73 Å². The maximum Gasteiger partial charge on any atom is 0.255 e. The van der Waals surface area contributed by atoms with Crippen molar-refractivity contribution in [3.63, 3.8) is 0 Å². The van der Waals surface area contributed by atoms with Crippen LogP contribution in [0.3, 0.4) is 0 Å². The summed E-state index contributed by atoms with van der Waals surface area (Å²) in [5, 5.41) is 0. The van der Waals surface area contributed by atoms with Crippen LogP contribution in [0.25, 0.3) is 0 Å².